The molecule has 1 amide bonds. The van der Waals surface area contributed by atoms with Crippen molar-refractivity contribution in [3.05, 3.63) is 72.1 Å². The Morgan fingerprint density at radius 1 is 0.962 bits per heavy atom. The van der Waals surface area contributed by atoms with E-state index in [1.807, 2.05) is 36.4 Å². The first-order valence-corrected chi connectivity index (χ1v) is 8.08. The Balaban J connectivity index is 1.65. The molecule has 0 saturated heterocycles. The molecule has 6 heteroatoms. The Labute approximate surface area is 151 Å². The van der Waals surface area contributed by atoms with Gasteiger partial charge in [-0.25, -0.2) is 0 Å². The second-order valence-corrected chi connectivity index (χ2v) is 5.52. The van der Waals surface area contributed by atoms with Gasteiger partial charge in [0.2, 0.25) is 0 Å². The van der Waals surface area contributed by atoms with Crippen LogP contribution in [-0.2, 0) is 6.54 Å². The number of carbonyl (C=O) groups excluding carboxylic acids is 1. The minimum atomic E-state index is -0.195. The van der Waals surface area contributed by atoms with E-state index in [-0.39, 0.29) is 5.91 Å². The number of benzene rings is 1. The van der Waals surface area contributed by atoms with E-state index in [1.165, 1.54) is 0 Å². The van der Waals surface area contributed by atoms with Gasteiger partial charge in [-0.1, -0.05) is 12.1 Å². The molecule has 0 spiro atoms. The minimum absolute atomic E-state index is 0.195. The third-order valence-electron chi connectivity index (χ3n) is 3.85. The number of ether oxygens (including phenoxy) is 2. The second kappa shape index (κ2) is 8.11. The van der Waals surface area contributed by atoms with E-state index in [2.05, 4.69) is 15.3 Å². The summed E-state index contributed by atoms with van der Waals surface area (Å²) in [5.74, 6) is 1.08. The number of nitrogens with zero attached hydrogens (tertiary/aromatic N) is 2. The number of hydrogen-bond donors (Lipinski definition) is 1. The van der Waals surface area contributed by atoms with E-state index in [1.54, 1.807) is 38.7 Å². The highest BCUT2D eigenvalue weighted by Gasteiger charge is 2.09. The Morgan fingerprint density at radius 3 is 2.42 bits per heavy atom. The molecule has 6 nitrogen and oxygen atoms in total. The maximum absolute atomic E-state index is 12.3. The number of rotatable bonds is 6. The van der Waals surface area contributed by atoms with Crippen molar-refractivity contribution in [2.75, 3.05) is 14.2 Å². The van der Waals surface area contributed by atoms with Gasteiger partial charge in [-0.2, -0.15) is 0 Å². The number of aromatic nitrogens is 2. The predicted molar refractivity (Wildman–Crippen MR) is 98.2 cm³/mol. The molecule has 0 fully saturated rings. The van der Waals surface area contributed by atoms with Gasteiger partial charge in [-0.3, -0.25) is 14.8 Å². The van der Waals surface area contributed by atoms with Crippen molar-refractivity contribution in [1.82, 2.24) is 15.3 Å². The van der Waals surface area contributed by atoms with Crippen LogP contribution in [0, 0.1) is 0 Å². The summed E-state index contributed by atoms with van der Waals surface area (Å²) in [5.41, 5.74) is 2.89. The fraction of sp³-hybridized carbons (Fsp3) is 0.150. The molecule has 26 heavy (non-hydrogen) atoms. The molecule has 2 heterocycles. The lowest BCUT2D eigenvalue weighted by atomic mass is 10.1. The molecule has 0 atom stereocenters. The molecule has 0 radical (unpaired) electrons. The zero-order valence-electron chi connectivity index (χ0n) is 14.6. The molecule has 1 N–H and O–H groups in total. The maximum atomic E-state index is 12.3. The smallest absolute Gasteiger partial charge is 0.253 e. The van der Waals surface area contributed by atoms with Crippen molar-refractivity contribution < 1.29 is 14.3 Å². The van der Waals surface area contributed by atoms with Crippen LogP contribution in [0.3, 0.4) is 0 Å². The average molecular weight is 349 g/mol. The summed E-state index contributed by atoms with van der Waals surface area (Å²) in [4.78, 5) is 20.9. The van der Waals surface area contributed by atoms with Crippen molar-refractivity contribution in [2.24, 2.45) is 0 Å². The lowest BCUT2D eigenvalue weighted by Crippen LogP contribution is -2.22. The van der Waals surface area contributed by atoms with Gasteiger partial charge < -0.3 is 14.8 Å². The van der Waals surface area contributed by atoms with Gasteiger partial charge in [-0.15, -0.1) is 0 Å². The van der Waals surface area contributed by atoms with Crippen LogP contribution in [-0.4, -0.2) is 30.1 Å². The van der Waals surface area contributed by atoms with E-state index in [0.717, 1.165) is 17.0 Å². The first kappa shape index (κ1) is 17.4. The molecule has 1 aromatic carbocycles. The van der Waals surface area contributed by atoms with Gasteiger partial charge in [0.25, 0.3) is 5.91 Å². The zero-order valence-corrected chi connectivity index (χ0v) is 14.6. The monoisotopic (exact) mass is 349 g/mol. The van der Waals surface area contributed by atoms with Crippen molar-refractivity contribution >= 4 is 5.91 Å². The third-order valence-corrected chi connectivity index (χ3v) is 3.85. The molecule has 0 aliphatic rings. The summed E-state index contributed by atoms with van der Waals surface area (Å²) < 4.78 is 10.5. The summed E-state index contributed by atoms with van der Waals surface area (Å²) >= 11 is 0. The van der Waals surface area contributed by atoms with Gasteiger partial charge in [0, 0.05) is 18.9 Å². The number of pyridine rings is 2. The highest BCUT2D eigenvalue weighted by molar-refractivity contribution is 5.94. The summed E-state index contributed by atoms with van der Waals surface area (Å²) in [6, 6.07) is 14.7. The second-order valence-electron chi connectivity index (χ2n) is 5.52. The van der Waals surface area contributed by atoms with Crippen LogP contribution >= 0.6 is 0 Å². The van der Waals surface area contributed by atoms with Crippen LogP contribution < -0.4 is 14.8 Å². The third kappa shape index (κ3) is 3.97. The predicted octanol–water partition coefficient (Wildman–Crippen LogP) is 3.09. The lowest BCUT2D eigenvalue weighted by Gasteiger charge is -2.10. The molecule has 0 bridgehead atoms. The van der Waals surface area contributed by atoms with Crippen LogP contribution in [0.4, 0.5) is 0 Å². The Hall–Kier alpha value is -3.41. The van der Waals surface area contributed by atoms with Crippen LogP contribution in [0.25, 0.3) is 11.4 Å². The highest BCUT2D eigenvalue weighted by Crippen LogP contribution is 2.27. The summed E-state index contributed by atoms with van der Waals surface area (Å²) in [7, 11) is 3.16. The number of hydrogen-bond acceptors (Lipinski definition) is 5. The van der Waals surface area contributed by atoms with Crippen LogP contribution in [0.5, 0.6) is 11.5 Å². The fourth-order valence-corrected chi connectivity index (χ4v) is 2.47. The molecule has 3 rings (SSSR count). The van der Waals surface area contributed by atoms with Gasteiger partial charge in [-0.05, 0) is 42.0 Å². The number of methoxy groups -OCH3 is 2. The first-order chi connectivity index (χ1) is 12.7. The van der Waals surface area contributed by atoms with Crippen LogP contribution in [0.15, 0.2) is 60.9 Å². The first-order valence-electron chi connectivity index (χ1n) is 8.08. The number of amides is 1. The van der Waals surface area contributed by atoms with E-state index >= 15 is 0 Å². The van der Waals surface area contributed by atoms with Gasteiger partial charge in [0.1, 0.15) is 0 Å². The normalized spacial score (nSPS) is 10.2. The molecule has 2 aromatic heterocycles. The van der Waals surface area contributed by atoms with Gasteiger partial charge in [0.05, 0.1) is 31.2 Å². The van der Waals surface area contributed by atoms with E-state index in [9.17, 15) is 4.79 Å². The minimum Gasteiger partial charge on any atom is -0.493 e. The zero-order chi connectivity index (χ0) is 18.4. The standard InChI is InChI=1S/C20H19N3O3/c1-25-18-9-6-14(11-19(18)26-2)12-23-20(24)15-7-8-17(22-13-15)16-5-3-4-10-21-16/h3-11,13H,12H2,1-2H3,(H,23,24). The molecule has 0 aliphatic heterocycles. The SMILES string of the molecule is COc1ccc(CNC(=O)c2ccc(-c3ccccn3)nc2)cc1OC. The summed E-state index contributed by atoms with van der Waals surface area (Å²) in [6.07, 6.45) is 3.26. The largest absolute Gasteiger partial charge is 0.493 e. The Kier molecular flexibility index (Phi) is 5.43. The van der Waals surface area contributed by atoms with E-state index < -0.39 is 0 Å². The molecular formula is C20H19N3O3. The van der Waals surface area contributed by atoms with Crippen molar-refractivity contribution in [1.29, 1.82) is 0 Å². The molecule has 0 unspecified atom stereocenters. The number of nitrogens with one attached hydrogen (secondary N) is 1. The van der Waals surface area contributed by atoms with E-state index in [4.69, 9.17) is 9.47 Å². The van der Waals surface area contributed by atoms with Crippen LogP contribution in [0.1, 0.15) is 15.9 Å². The fourth-order valence-electron chi connectivity index (χ4n) is 2.47. The van der Waals surface area contributed by atoms with Crippen LogP contribution in [0.2, 0.25) is 0 Å². The molecule has 0 aliphatic carbocycles. The van der Waals surface area contributed by atoms with E-state index in [0.29, 0.717) is 23.6 Å². The topological polar surface area (TPSA) is 73.3 Å². The summed E-state index contributed by atoms with van der Waals surface area (Å²) in [5, 5.41) is 2.87. The van der Waals surface area contributed by atoms with Crippen molar-refractivity contribution in [3.8, 4) is 22.9 Å². The van der Waals surface area contributed by atoms with Gasteiger partial charge in [0.15, 0.2) is 11.5 Å². The van der Waals surface area contributed by atoms with Crippen molar-refractivity contribution in [3.63, 3.8) is 0 Å². The average Bonchev–Trinajstić information content (AvgIpc) is 2.72. The Morgan fingerprint density at radius 2 is 1.77 bits per heavy atom. The lowest BCUT2D eigenvalue weighted by molar-refractivity contribution is 0.0950. The molecule has 132 valence electrons. The quantitative estimate of drug-likeness (QED) is 0.740. The maximum Gasteiger partial charge on any atom is 0.253 e. The number of carbonyl (C=O) groups is 1. The highest BCUT2D eigenvalue weighted by atomic mass is 16.5. The summed E-state index contributed by atoms with van der Waals surface area (Å²) in [6.45, 7) is 0.376. The molecule has 0 saturated carbocycles. The molecular weight excluding hydrogens is 330 g/mol. The van der Waals surface area contributed by atoms with Crippen molar-refractivity contribution in [2.45, 2.75) is 6.54 Å². The molecule has 3 aromatic rings. The Bertz CT molecular complexity index is 881. The van der Waals surface area contributed by atoms with Gasteiger partial charge >= 0.3 is 0 Å².